The van der Waals surface area contributed by atoms with Gasteiger partial charge in [-0.25, -0.2) is 0 Å². The Morgan fingerprint density at radius 1 is 0.972 bits per heavy atom. The number of rotatable bonds is 14. The molecule has 0 spiro atoms. The average molecular weight is 504 g/mol. The van der Waals surface area contributed by atoms with Crippen LogP contribution in [-0.2, 0) is 19.2 Å². The second-order valence-corrected chi connectivity index (χ2v) is 9.12. The van der Waals surface area contributed by atoms with Crippen LogP contribution in [0, 0.1) is 5.92 Å². The molecule has 0 unspecified atom stereocenters. The van der Waals surface area contributed by atoms with Gasteiger partial charge in [-0.3, -0.25) is 19.2 Å². The van der Waals surface area contributed by atoms with E-state index in [1.165, 1.54) is 12.5 Å². The van der Waals surface area contributed by atoms with Gasteiger partial charge in [-0.2, -0.15) is 0 Å². The van der Waals surface area contributed by atoms with Crippen molar-refractivity contribution in [2.24, 2.45) is 17.4 Å². The molecule has 2 atom stereocenters. The Labute approximate surface area is 215 Å². The van der Waals surface area contributed by atoms with E-state index in [2.05, 4.69) is 29.8 Å². The zero-order chi connectivity index (χ0) is 27.5. The van der Waals surface area contributed by atoms with E-state index in [0.29, 0.717) is 32.2 Å². The Morgan fingerprint density at radius 2 is 1.58 bits per heavy atom. The summed E-state index contributed by atoms with van der Waals surface area (Å²) >= 11 is 0. The van der Waals surface area contributed by atoms with Crippen LogP contribution in [-0.4, -0.2) is 48.8 Å². The van der Waals surface area contributed by atoms with Gasteiger partial charge < -0.3 is 27.4 Å². The maximum Gasteiger partial charge on any atom is 0.244 e. The van der Waals surface area contributed by atoms with Gasteiger partial charge in [-0.05, 0) is 56.2 Å². The summed E-state index contributed by atoms with van der Waals surface area (Å²) in [6.45, 7) is 10.0. The molecule has 0 fully saturated rings. The minimum absolute atomic E-state index is 0.159. The smallest absolute Gasteiger partial charge is 0.244 e. The first-order valence-electron chi connectivity index (χ1n) is 12.7. The van der Waals surface area contributed by atoms with Gasteiger partial charge in [-0.15, -0.1) is 0 Å². The van der Waals surface area contributed by atoms with E-state index in [1.807, 2.05) is 51.1 Å². The Kier molecular flexibility index (Phi) is 17.4. The quantitative estimate of drug-likeness (QED) is 0.194. The first kappa shape index (κ1) is 32.8. The number of nitrogens with one attached hydrogen (secondary N) is 3. The molecule has 0 saturated heterocycles. The molecule has 7 N–H and O–H groups in total. The van der Waals surface area contributed by atoms with Crippen molar-refractivity contribution in [3.63, 3.8) is 0 Å². The summed E-state index contributed by atoms with van der Waals surface area (Å²) in [6.07, 6.45) is 4.81. The third-order valence-electron chi connectivity index (χ3n) is 4.97. The van der Waals surface area contributed by atoms with E-state index >= 15 is 0 Å². The van der Waals surface area contributed by atoms with Gasteiger partial charge in [0.1, 0.15) is 12.1 Å². The Morgan fingerprint density at radius 3 is 2.11 bits per heavy atom. The summed E-state index contributed by atoms with van der Waals surface area (Å²) in [5.74, 6) is -1.89. The largest absolute Gasteiger partial charge is 0.368 e. The maximum absolute atomic E-state index is 12.7. The molecular weight excluding hydrogens is 458 g/mol. The van der Waals surface area contributed by atoms with E-state index in [1.54, 1.807) is 0 Å². The van der Waals surface area contributed by atoms with Crippen molar-refractivity contribution in [2.45, 2.75) is 78.8 Å². The van der Waals surface area contributed by atoms with Crippen LogP contribution in [0.3, 0.4) is 0 Å². The van der Waals surface area contributed by atoms with Crippen molar-refractivity contribution >= 4 is 29.2 Å². The molecule has 4 amide bonds. The Hall–Kier alpha value is -3.20. The molecule has 0 aliphatic carbocycles. The number of carbonyl (C=O) groups excluding carboxylic acids is 4. The maximum atomic E-state index is 12.7. The average Bonchev–Trinajstić information content (AvgIpc) is 2.82. The fourth-order valence-electron chi connectivity index (χ4n) is 3.21. The number of benzene rings is 1. The number of hydrogen-bond acceptors (Lipinski definition) is 5. The summed E-state index contributed by atoms with van der Waals surface area (Å²) in [7, 11) is 0. The van der Waals surface area contributed by atoms with E-state index in [-0.39, 0.29) is 12.5 Å². The topological polar surface area (TPSA) is 156 Å². The van der Waals surface area contributed by atoms with E-state index in [0.717, 1.165) is 11.1 Å². The Bertz CT molecular complexity index is 840. The van der Waals surface area contributed by atoms with Gasteiger partial charge in [0.2, 0.25) is 23.6 Å². The lowest BCUT2D eigenvalue weighted by atomic mass is 10.0. The van der Waals surface area contributed by atoms with Crippen LogP contribution in [0.2, 0.25) is 0 Å². The summed E-state index contributed by atoms with van der Waals surface area (Å²) in [4.78, 5) is 48.9. The molecule has 0 aliphatic rings. The van der Waals surface area contributed by atoms with Gasteiger partial charge >= 0.3 is 0 Å². The molecule has 1 rings (SSSR count). The third kappa shape index (κ3) is 14.9. The van der Waals surface area contributed by atoms with Gasteiger partial charge in [0.05, 0.1) is 6.54 Å². The number of hydrogen-bond donors (Lipinski definition) is 5. The lowest BCUT2D eigenvalue weighted by Crippen LogP contribution is -2.51. The first-order valence-corrected chi connectivity index (χ1v) is 12.7. The molecule has 0 saturated carbocycles. The molecule has 0 aromatic heterocycles. The van der Waals surface area contributed by atoms with Crippen LogP contribution in [0.15, 0.2) is 36.4 Å². The van der Waals surface area contributed by atoms with Crippen LogP contribution >= 0.6 is 0 Å². The lowest BCUT2D eigenvalue weighted by molar-refractivity contribution is -0.130. The summed E-state index contributed by atoms with van der Waals surface area (Å²) in [5.41, 5.74) is 12.5. The van der Waals surface area contributed by atoms with Gasteiger partial charge in [-0.1, -0.05) is 64.4 Å². The predicted octanol–water partition coefficient (Wildman–Crippen LogP) is 2.25. The molecule has 9 heteroatoms. The third-order valence-corrected chi connectivity index (χ3v) is 4.97. The molecule has 202 valence electrons. The highest BCUT2D eigenvalue weighted by molar-refractivity contribution is 5.98. The normalized spacial score (nSPS) is 12.6. The van der Waals surface area contributed by atoms with E-state index in [9.17, 15) is 19.2 Å². The zero-order valence-corrected chi connectivity index (χ0v) is 22.4. The highest BCUT2D eigenvalue weighted by atomic mass is 16.2. The number of carbonyl (C=O) groups is 4. The van der Waals surface area contributed by atoms with Gasteiger partial charge in [0.15, 0.2) is 0 Å². The first-order chi connectivity index (χ1) is 17.0. The number of nitrogens with two attached hydrogens (primary N) is 2. The molecule has 9 nitrogen and oxygen atoms in total. The minimum atomic E-state index is -0.820. The van der Waals surface area contributed by atoms with Gasteiger partial charge in [0, 0.05) is 6.08 Å². The fraction of sp³-hybridized carbons (Fsp3) is 0.556. The van der Waals surface area contributed by atoms with Gasteiger partial charge in [0.25, 0.3) is 0 Å². The van der Waals surface area contributed by atoms with Crippen molar-refractivity contribution in [1.82, 2.24) is 16.0 Å². The van der Waals surface area contributed by atoms with Crippen molar-refractivity contribution in [1.29, 1.82) is 0 Å². The highest BCUT2D eigenvalue weighted by Gasteiger charge is 2.22. The molecular formula is C27H45N5O4. The van der Waals surface area contributed by atoms with E-state index < -0.39 is 35.7 Å². The van der Waals surface area contributed by atoms with Crippen LogP contribution in [0.4, 0.5) is 0 Å². The molecule has 36 heavy (non-hydrogen) atoms. The van der Waals surface area contributed by atoms with Crippen molar-refractivity contribution < 1.29 is 19.2 Å². The zero-order valence-electron chi connectivity index (χ0n) is 22.4. The number of unbranched alkanes of at least 4 members (excludes halogenated alkanes) is 1. The lowest BCUT2D eigenvalue weighted by Gasteiger charge is -2.20. The second-order valence-electron chi connectivity index (χ2n) is 9.12. The van der Waals surface area contributed by atoms with Crippen LogP contribution in [0.25, 0.3) is 5.57 Å². The fourth-order valence-corrected chi connectivity index (χ4v) is 3.21. The van der Waals surface area contributed by atoms with Crippen molar-refractivity contribution in [2.75, 3.05) is 13.1 Å². The Balaban J connectivity index is 0.00000387. The second kappa shape index (κ2) is 19.0. The van der Waals surface area contributed by atoms with E-state index in [4.69, 9.17) is 11.5 Å². The highest BCUT2D eigenvalue weighted by Crippen LogP contribution is 2.12. The molecule has 1 aromatic carbocycles. The van der Waals surface area contributed by atoms with Crippen LogP contribution in [0.1, 0.15) is 72.3 Å². The standard InChI is InChI=1S/C24H37N5O4.C3H8/c1-16(2)13-20(23(26)32)29-22(31)15-27-24(33)19(11-7-8-12-25)28-21(30)14-17(3)18-9-5-4-6-10-18;1-3-2/h4-6,9-10,14,16,19-20H,7-8,11-13,15,25H2,1-3H3,(H2,26,32)(H,27,33)(H,28,30)(H,29,31);3H2,1-2H3/b17-14+;/t19-,20-;/m0./s1. The van der Waals surface area contributed by atoms with Crippen molar-refractivity contribution in [3.05, 3.63) is 42.0 Å². The number of allylic oxidation sites excluding steroid dienone is 1. The minimum Gasteiger partial charge on any atom is -0.368 e. The number of amides is 4. The number of primary amides is 1. The molecule has 0 aliphatic heterocycles. The SMILES string of the molecule is C/C(=C\C(=O)N[C@@H](CCCCN)C(=O)NCC(=O)N[C@@H](CC(C)C)C(N)=O)c1ccccc1.CCC. The summed E-state index contributed by atoms with van der Waals surface area (Å²) in [5, 5.41) is 7.78. The summed E-state index contributed by atoms with van der Waals surface area (Å²) in [6, 6.07) is 7.80. The predicted molar refractivity (Wildman–Crippen MR) is 144 cm³/mol. The monoisotopic (exact) mass is 503 g/mol. The van der Waals surface area contributed by atoms with Crippen LogP contribution < -0.4 is 27.4 Å². The van der Waals surface area contributed by atoms with Crippen molar-refractivity contribution in [3.8, 4) is 0 Å². The molecule has 0 radical (unpaired) electrons. The molecule has 1 aromatic rings. The van der Waals surface area contributed by atoms with Crippen LogP contribution in [0.5, 0.6) is 0 Å². The summed E-state index contributed by atoms with van der Waals surface area (Å²) < 4.78 is 0. The molecule has 0 bridgehead atoms. The molecule has 0 heterocycles.